The molecule has 0 aromatic heterocycles. The summed E-state index contributed by atoms with van der Waals surface area (Å²) in [6.45, 7) is 5.27. The normalized spacial score (nSPS) is 18.7. The Balaban J connectivity index is 2.46. The van der Waals surface area contributed by atoms with Gasteiger partial charge in [-0.2, -0.15) is 5.26 Å². The summed E-state index contributed by atoms with van der Waals surface area (Å²) in [5.41, 5.74) is 2.94. The predicted octanol–water partition coefficient (Wildman–Crippen LogP) is 1.86. The zero-order valence-electron chi connectivity index (χ0n) is 9.64. The van der Waals surface area contributed by atoms with Gasteiger partial charge in [0.25, 0.3) is 0 Å². The van der Waals surface area contributed by atoms with E-state index < -0.39 is 0 Å². The number of nitriles is 1. The van der Waals surface area contributed by atoms with Crippen molar-refractivity contribution in [2.45, 2.75) is 25.8 Å². The SMILES string of the molecule is CC(C)N1CC(CO)c2cc(C#N)ccc21. The van der Waals surface area contributed by atoms with Crippen LogP contribution in [-0.4, -0.2) is 24.3 Å². The van der Waals surface area contributed by atoms with E-state index in [1.165, 1.54) is 0 Å². The molecule has 0 bridgehead atoms. The van der Waals surface area contributed by atoms with E-state index in [1.54, 1.807) is 0 Å². The van der Waals surface area contributed by atoms with Crippen LogP contribution in [0, 0.1) is 11.3 Å². The van der Waals surface area contributed by atoms with E-state index in [1.807, 2.05) is 18.2 Å². The Labute approximate surface area is 95.9 Å². The van der Waals surface area contributed by atoms with Gasteiger partial charge in [-0.1, -0.05) is 0 Å². The van der Waals surface area contributed by atoms with Crippen LogP contribution in [0.15, 0.2) is 18.2 Å². The Hall–Kier alpha value is -1.53. The quantitative estimate of drug-likeness (QED) is 0.820. The van der Waals surface area contributed by atoms with Gasteiger partial charge in [-0.05, 0) is 37.6 Å². The van der Waals surface area contributed by atoms with Crippen LogP contribution in [0.25, 0.3) is 0 Å². The van der Waals surface area contributed by atoms with Crippen LogP contribution >= 0.6 is 0 Å². The van der Waals surface area contributed by atoms with Gasteiger partial charge in [0, 0.05) is 24.2 Å². The number of aliphatic hydroxyl groups is 1. The molecule has 84 valence electrons. The van der Waals surface area contributed by atoms with Crippen molar-refractivity contribution in [2.24, 2.45) is 0 Å². The van der Waals surface area contributed by atoms with E-state index in [0.717, 1.165) is 17.8 Å². The lowest BCUT2D eigenvalue weighted by atomic mass is 10.0. The maximum absolute atomic E-state index is 9.37. The maximum Gasteiger partial charge on any atom is 0.0991 e. The highest BCUT2D eigenvalue weighted by Gasteiger charge is 2.29. The van der Waals surface area contributed by atoms with Gasteiger partial charge in [-0.15, -0.1) is 0 Å². The topological polar surface area (TPSA) is 47.3 Å². The molecule has 0 saturated heterocycles. The van der Waals surface area contributed by atoms with E-state index in [9.17, 15) is 5.11 Å². The molecule has 1 aromatic rings. The molecule has 3 nitrogen and oxygen atoms in total. The van der Waals surface area contributed by atoms with Crippen molar-refractivity contribution in [3.63, 3.8) is 0 Å². The summed E-state index contributed by atoms with van der Waals surface area (Å²) in [7, 11) is 0. The summed E-state index contributed by atoms with van der Waals surface area (Å²) in [5, 5.41) is 18.2. The molecule has 1 N–H and O–H groups in total. The summed E-state index contributed by atoms with van der Waals surface area (Å²) in [6.07, 6.45) is 0. The molecule has 0 radical (unpaired) electrons. The summed E-state index contributed by atoms with van der Waals surface area (Å²) in [6, 6.07) is 8.30. The second-order valence-corrected chi connectivity index (χ2v) is 4.51. The first-order valence-corrected chi connectivity index (χ1v) is 5.59. The molecule has 2 rings (SSSR count). The van der Waals surface area contributed by atoms with E-state index in [4.69, 9.17) is 5.26 Å². The minimum absolute atomic E-state index is 0.144. The molecule has 1 atom stereocenters. The number of anilines is 1. The van der Waals surface area contributed by atoms with Gasteiger partial charge >= 0.3 is 0 Å². The fourth-order valence-corrected chi connectivity index (χ4v) is 2.29. The average Bonchev–Trinajstić information content (AvgIpc) is 2.66. The molecule has 0 spiro atoms. The van der Waals surface area contributed by atoms with Crippen molar-refractivity contribution < 1.29 is 5.11 Å². The third kappa shape index (κ3) is 1.66. The largest absolute Gasteiger partial charge is 0.396 e. The van der Waals surface area contributed by atoms with Gasteiger partial charge < -0.3 is 10.0 Å². The summed E-state index contributed by atoms with van der Waals surface area (Å²) < 4.78 is 0. The van der Waals surface area contributed by atoms with Gasteiger partial charge in [0.15, 0.2) is 0 Å². The standard InChI is InChI=1S/C13H16N2O/c1-9(2)15-7-11(8-16)12-5-10(6-14)3-4-13(12)15/h3-5,9,11,16H,7-8H2,1-2H3. The van der Waals surface area contributed by atoms with E-state index in [2.05, 4.69) is 24.8 Å². The summed E-state index contributed by atoms with van der Waals surface area (Å²) in [4.78, 5) is 2.28. The van der Waals surface area contributed by atoms with Gasteiger partial charge in [-0.25, -0.2) is 0 Å². The lowest BCUT2D eigenvalue weighted by molar-refractivity contribution is 0.270. The molecule has 1 aliphatic heterocycles. The van der Waals surface area contributed by atoms with Crippen molar-refractivity contribution in [2.75, 3.05) is 18.1 Å². The van der Waals surface area contributed by atoms with Crippen LogP contribution in [0.3, 0.4) is 0 Å². The van der Waals surface area contributed by atoms with Crippen molar-refractivity contribution in [3.8, 4) is 6.07 Å². The van der Waals surface area contributed by atoms with Crippen LogP contribution in [0.5, 0.6) is 0 Å². The molecule has 0 fully saturated rings. The smallest absolute Gasteiger partial charge is 0.0991 e. The fraction of sp³-hybridized carbons (Fsp3) is 0.462. The Morgan fingerprint density at radius 3 is 2.88 bits per heavy atom. The second kappa shape index (κ2) is 4.15. The lowest BCUT2D eigenvalue weighted by Gasteiger charge is -2.24. The Morgan fingerprint density at radius 1 is 1.56 bits per heavy atom. The Kier molecular flexibility index (Phi) is 2.84. The summed E-state index contributed by atoms with van der Waals surface area (Å²) in [5.74, 6) is 0.144. The lowest BCUT2D eigenvalue weighted by Crippen LogP contribution is -2.29. The van der Waals surface area contributed by atoms with Gasteiger partial charge in [0.2, 0.25) is 0 Å². The van der Waals surface area contributed by atoms with E-state index in [-0.39, 0.29) is 12.5 Å². The number of benzene rings is 1. The number of aliphatic hydroxyl groups excluding tert-OH is 1. The van der Waals surface area contributed by atoms with Crippen LogP contribution < -0.4 is 4.90 Å². The first kappa shape index (κ1) is 11.0. The zero-order valence-corrected chi connectivity index (χ0v) is 9.64. The molecule has 1 aliphatic rings. The zero-order chi connectivity index (χ0) is 11.7. The first-order chi connectivity index (χ1) is 7.67. The molecule has 1 heterocycles. The van der Waals surface area contributed by atoms with Gasteiger partial charge in [-0.3, -0.25) is 0 Å². The Bertz CT molecular complexity index is 434. The first-order valence-electron chi connectivity index (χ1n) is 5.59. The second-order valence-electron chi connectivity index (χ2n) is 4.51. The van der Waals surface area contributed by atoms with Crippen molar-refractivity contribution in [1.82, 2.24) is 0 Å². The fourth-order valence-electron chi connectivity index (χ4n) is 2.29. The minimum atomic E-state index is 0.144. The van der Waals surface area contributed by atoms with Crippen molar-refractivity contribution in [1.29, 1.82) is 5.26 Å². The number of fused-ring (bicyclic) bond motifs is 1. The molecular formula is C13H16N2O. The highest BCUT2D eigenvalue weighted by Crippen LogP contribution is 2.37. The number of hydrogen-bond donors (Lipinski definition) is 1. The molecule has 0 saturated carbocycles. The van der Waals surface area contributed by atoms with Crippen LogP contribution in [0.1, 0.15) is 30.9 Å². The number of nitrogens with zero attached hydrogens (tertiary/aromatic N) is 2. The number of hydrogen-bond acceptors (Lipinski definition) is 3. The van der Waals surface area contributed by atoms with Gasteiger partial charge in [0.1, 0.15) is 0 Å². The molecule has 0 aliphatic carbocycles. The molecular weight excluding hydrogens is 200 g/mol. The predicted molar refractivity (Wildman–Crippen MR) is 63.5 cm³/mol. The molecule has 1 aromatic carbocycles. The minimum Gasteiger partial charge on any atom is -0.396 e. The molecule has 3 heteroatoms. The molecule has 0 amide bonds. The van der Waals surface area contributed by atoms with Gasteiger partial charge in [0.05, 0.1) is 18.2 Å². The molecule has 16 heavy (non-hydrogen) atoms. The monoisotopic (exact) mass is 216 g/mol. The highest BCUT2D eigenvalue weighted by molar-refractivity contribution is 5.63. The number of rotatable bonds is 2. The van der Waals surface area contributed by atoms with Crippen molar-refractivity contribution >= 4 is 5.69 Å². The van der Waals surface area contributed by atoms with E-state index in [0.29, 0.717) is 11.6 Å². The highest BCUT2D eigenvalue weighted by atomic mass is 16.3. The Morgan fingerprint density at radius 2 is 2.31 bits per heavy atom. The van der Waals surface area contributed by atoms with Crippen LogP contribution in [-0.2, 0) is 0 Å². The van der Waals surface area contributed by atoms with E-state index >= 15 is 0 Å². The summed E-state index contributed by atoms with van der Waals surface area (Å²) >= 11 is 0. The van der Waals surface area contributed by atoms with Crippen LogP contribution in [0.2, 0.25) is 0 Å². The molecule has 1 unspecified atom stereocenters. The van der Waals surface area contributed by atoms with Crippen LogP contribution in [0.4, 0.5) is 5.69 Å². The average molecular weight is 216 g/mol. The third-order valence-corrected chi connectivity index (χ3v) is 3.17. The maximum atomic E-state index is 9.37. The third-order valence-electron chi connectivity index (χ3n) is 3.17. The van der Waals surface area contributed by atoms with Crippen molar-refractivity contribution in [3.05, 3.63) is 29.3 Å².